The number of hydrogen-bond acceptors (Lipinski definition) is 0. The van der Waals surface area contributed by atoms with Gasteiger partial charge in [0.15, 0.2) is 0 Å². The van der Waals surface area contributed by atoms with E-state index < -0.39 is 0 Å². The van der Waals surface area contributed by atoms with Crippen molar-refractivity contribution in [3.8, 4) is 0 Å². The summed E-state index contributed by atoms with van der Waals surface area (Å²) in [4.78, 5) is 0. The van der Waals surface area contributed by atoms with Crippen LogP contribution in [0.15, 0.2) is 29.8 Å². The maximum absolute atomic E-state index is 14.3. The predicted octanol–water partition coefficient (Wildman–Crippen LogP) is 8.43. The Labute approximate surface area is 173 Å². The zero-order valence-corrected chi connectivity index (χ0v) is 18.3. The topological polar surface area (TPSA) is 0 Å². The fraction of sp³-hybridized carbons (Fsp3) is 0.704. The molecule has 28 heavy (non-hydrogen) atoms. The third kappa shape index (κ3) is 6.19. The lowest BCUT2D eigenvalue weighted by molar-refractivity contribution is 0.186. The molecule has 0 bridgehead atoms. The fourth-order valence-electron chi connectivity index (χ4n) is 5.54. The molecule has 0 spiro atoms. The number of hydrogen-bond donors (Lipinski definition) is 0. The third-order valence-corrected chi connectivity index (χ3v) is 7.45. The number of aryl methyl sites for hydroxylation is 2. The largest absolute Gasteiger partial charge is 0.207 e. The normalized spacial score (nSPS) is 25.5. The van der Waals surface area contributed by atoms with Crippen molar-refractivity contribution in [2.75, 3.05) is 0 Å². The van der Waals surface area contributed by atoms with Gasteiger partial charge < -0.3 is 0 Å². The van der Waals surface area contributed by atoms with E-state index in [1.54, 1.807) is 11.6 Å². The Hall–Kier alpha value is -1.11. The molecule has 0 aromatic heterocycles. The summed E-state index contributed by atoms with van der Waals surface area (Å²) in [6.07, 6.45) is 20.4. The summed E-state index contributed by atoms with van der Waals surface area (Å²) in [6, 6.07) is 5.95. The van der Waals surface area contributed by atoms with Crippen molar-refractivity contribution >= 4 is 0 Å². The summed E-state index contributed by atoms with van der Waals surface area (Å²) in [5.41, 5.74) is 3.67. The number of unbranched alkanes of at least 4 members (excludes halogenated alkanes) is 1. The van der Waals surface area contributed by atoms with Gasteiger partial charge in [-0.1, -0.05) is 69.7 Å². The highest BCUT2D eigenvalue weighted by molar-refractivity contribution is 5.25. The molecule has 0 aliphatic heterocycles. The van der Waals surface area contributed by atoms with Gasteiger partial charge in [0.25, 0.3) is 0 Å². The lowest BCUT2D eigenvalue weighted by Crippen LogP contribution is -2.23. The third-order valence-electron chi connectivity index (χ3n) is 7.45. The minimum absolute atomic E-state index is 0.00214. The van der Waals surface area contributed by atoms with Gasteiger partial charge in [-0.25, -0.2) is 4.39 Å². The summed E-state index contributed by atoms with van der Waals surface area (Å²) in [7, 11) is 0. The average Bonchev–Trinajstić information content (AvgIpc) is 2.73. The second kappa shape index (κ2) is 11.2. The summed E-state index contributed by atoms with van der Waals surface area (Å²) in [6.45, 7) is 4.49. The number of benzene rings is 1. The van der Waals surface area contributed by atoms with E-state index in [0.717, 1.165) is 61.0 Å². The number of halogens is 1. The van der Waals surface area contributed by atoms with Gasteiger partial charge in [-0.2, -0.15) is 0 Å². The second-order valence-electron chi connectivity index (χ2n) is 9.50. The van der Waals surface area contributed by atoms with E-state index in [1.807, 2.05) is 6.07 Å². The molecule has 1 atom stereocenters. The highest BCUT2D eigenvalue weighted by Crippen LogP contribution is 2.41. The Morgan fingerprint density at radius 1 is 0.893 bits per heavy atom. The molecule has 1 heteroatoms. The Balaban J connectivity index is 1.43. The van der Waals surface area contributed by atoms with E-state index in [0.29, 0.717) is 0 Å². The molecule has 0 N–H and O–H groups in total. The molecule has 3 rings (SSSR count). The minimum atomic E-state index is 0.00214. The van der Waals surface area contributed by atoms with Crippen LogP contribution in [0.5, 0.6) is 0 Å². The summed E-state index contributed by atoms with van der Waals surface area (Å²) < 4.78 is 14.3. The van der Waals surface area contributed by atoms with Crippen molar-refractivity contribution in [3.05, 3.63) is 46.8 Å². The van der Waals surface area contributed by atoms with Gasteiger partial charge in [-0.15, -0.1) is 0 Å². The van der Waals surface area contributed by atoms with E-state index in [1.165, 1.54) is 57.8 Å². The maximum atomic E-state index is 14.3. The average molecular weight is 385 g/mol. The lowest BCUT2D eigenvalue weighted by Gasteiger charge is -2.35. The van der Waals surface area contributed by atoms with Crippen LogP contribution in [0.4, 0.5) is 4.39 Å². The van der Waals surface area contributed by atoms with Crippen LogP contribution in [-0.2, 0) is 12.8 Å². The Morgan fingerprint density at radius 3 is 2.36 bits per heavy atom. The zero-order chi connectivity index (χ0) is 19.8. The Bertz CT molecular complexity index is 621. The van der Waals surface area contributed by atoms with Crippen molar-refractivity contribution in [1.82, 2.24) is 0 Å². The monoisotopic (exact) mass is 384 g/mol. The van der Waals surface area contributed by atoms with Gasteiger partial charge in [-0.05, 0) is 92.7 Å². The number of allylic oxidation sites excluding steroid dienone is 2. The molecule has 0 radical (unpaired) electrons. The fourth-order valence-corrected chi connectivity index (χ4v) is 5.54. The molecule has 1 unspecified atom stereocenters. The summed E-state index contributed by atoms with van der Waals surface area (Å²) in [5, 5.41) is 0. The highest BCUT2D eigenvalue weighted by atomic mass is 19.1. The molecule has 2 aliphatic rings. The smallest absolute Gasteiger partial charge is 0.126 e. The van der Waals surface area contributed by atoms with Gasteiger partial charge in [0, 0.05) is 0 Å². The minimum Gasteiger partial charge on any atom is -0.207 e. The quantitative estimate of drug-likeness (QED) is 0.375. The second-order valence-corrected chi connectivity index (χ2v) is 9.50. The van der Waals surface area contributed by atoms with E-state index >= 15 is 0 Å². The molecular formula is C27H41F. The Morgan fingerprint density at radius 2 is 1.71 bits per heavy atom. The van der Waals surface area contributed by atoms with Gasteiger partial charge in [-0.3, -0.25) is 0 Å². The van der Waals surface area contributed by atoms with Gasteiger partial charge >= 0.3 is 0 Å². The van der Waals surface area contributed by atoms with Crippen LogP contribution in [0.1, 0.15) is 102 Å². The molecular weight excluding hydrogens is 343 g/mol. The standard InChI is InChI=1S/C27H41F/c1-3-5-7-26-19-14-23(20-27(26)28)9-8-22-12-17-25(18-13-22)24-15-10-21(6-4-2)11-16-24/h12,14,19-21,24-25H,3-11,13,15-18H2,1-2H3/t21-,24-,25?. The van der Waals surface area contributed by atoms with E-state index in [9.17, 15) is 4.39 Å². The molecule has 1 fully saturated rings. The van der Waals surface area contributed by atoms with Gasteiger partial charge in [0.1, 0.15) is 5.82 Å². The van der Waals surface area contributed by atoms with Crippen LogP contribution in [0, 0.1) is 23.6 Å². The molecule has 0 saturated heterocycles. The van der Waals surface area contributed by atoms with Gasteiger partial charge in [0.2, 0.25) is 0 Å². The van der Waals surface area contributed by atoms with Crippen molar-refractivity contribution < 1.29 is 4.39 Å². The molecule has 1 aromatic carbocycles. The molecule has 1 aromatic rings. The van der Waals surface area contributed by atoms with Crippen molar-refractivity contribution in [3.63, 3.8) is 0 Å². The van der Waals surface area contributed by atoms with E-state index in [2.05, 4.69) is 26.0 Å². The van der Waals surface area contributed by atoms with Crippen LogP contribution in [-0.4, -0.2) is 0 Å². The first kappa shape index (κ1) is 21.6. The first-order valence-corrected chi connectivity index (χ1v) is 12.1. The molecule has 1 saturated carbocycles. The van der Waals surface area contributed by atoms with Crippen LogP contribution in [0.2, 0.25) is 0 Å². The van der Waals surface area contributed by atoms with Crippen LogP contribution >= 0.6 is 0 Å². The van der Waals surface area contributed by atoms with E-state index in [-0.39, 0.29) is 5.82 Å². The van der Waals surface area contributed by atoms with Crippen LogP contribution in [0.3, 0.4) is 0 Å². The Kier molecular flexibility index (Phi) is 8.62. The SMILES string of the molecule is CCCCc1ccc(CCC2=CCC([C@H]3CC[C@H](CCC)CC3)CC2)cc1F. The zero-order valence-electron chi connectivity index (χ0n) is 18.3. The van der Waals surface area contributed by atoms with Crippen molar-refractivity contribution in [2.24, 2.45) is 17.8 Å². The van der Waals surface area contributed by atoms with Crippen molar-refractivity contribution in [2.45, 2.75) is 104 Å². The van der Waals surface area contributed by atoms with Crippen LogP contribution < -0.4 is 0 Å². The summed E-state index contributed by atoms with van der Waals surface area (Å²) >= 11 is 0. The number of rotatable bonds is 9. The lowest BCUT2D eigenvalue weighted by atomic mass is 9.70. The predicted molar refractivity (Wildman–Crippen MR) is 119 cm³/mol. The first-order chi connectivity index (χ1) is 13.7. The molecule has 156 valence electrons. The van der Waals surface area contributed by atoms with Crippen molar-refractivity contribution in [1.29, 1.82) is 0 Å². The highest BCUT2D eigenvalue weighted by Gasteiger charge is 2.28. The molecule has 0 amide bonds. The van der Waals surface area contributed by atoms with Gasteiger partial charge in [0.05, 0.1) is 0 Å². The molecule has 0 heterocycles. The van der Waals surface area contributed by atoms with E-state index in [4.69, 9.17) is 0 Å². The summed E-state index contributed by atoms with van der Waals surface area (Å²) in [5.74, 6) is 2.93. The first-order valence-electron chi connectivity index (χ1n) is 12.1. The maximum Gasteiger partial charge on any atom is 0.126 e. The molecule has 2 aliphatic carbocycles. The van der Waals surface area contributed by atoms with Crippen LogP contribution in [0.25, 0.3) is 0 Å². The molecule has 0 nitrogen and oxygen atoms in total.